The third-order valence-corrected chi connectivity index (χ3v) is 4.67. The number of thiazole rings is 1. The summed E-state index contributed by atoms with van der Waals surface area (Å²) in [5.41, 5.74) is 3.35. The highest BCUT2D eigenvalue weighted by atomic mass is 32.1. The van der Waals surface area contributed by atoms with Crippen molar-refractivity contribution in [3.8, 4) is 5.75 Å². The molecule has 26 heavy (non-hydrogen) atoms. The molecular weight excluding hydrogens is 350 g/mol. The van der Waals surface area contributed by atoms with Crippen LogP contribution in [0.1, 0.15) is 18.1 Å². The van der Waals surface area contributed by atoms with Crippen LogP contribution in [0.5, 0.6) is 5.75 Å². The van der Waals surface area contributed by atoms with E-state index in [1.54, 1.807) is 7.11 Å². The molecule has 1 heterocycles. The van der Waals surface area contributed by atoms with Gasteiger partial charge in [0.25, 0.3) is 0 Å². The molecule has 0 aliphatic carbocycles. The van der Waals surface area contributed by atoms with Gasteiger partial charge in [-0.05, 0) is 42.3 Å². The van der Waals surface area contributed by atoms with Gasteiger partial charge in [0.2, 0.25) is 11.8 Å². The largest absolute Gasteiger partial charge is 0.497 e. The van der Waals surface area contributed by atoms with E-state index >= 15 is 0 Å². The van der Waals surface area contributed by atoms with Crippen LogP contribution < -0.4 is 15.4 Å². The van der Waals surface area contributed by atoms with E-state index in [2.05, 4.69) is 15.6 Å². The molecule has 2 amide bonds. The lowest BCUT2D eigenvalue weighted by Gasteiger charge is -2.08. The fourth-order valence-electron chi connectivity index (χ4n) is 2.65. The zero-order valence-corrected chi connectivity index (χ0v) is 15.6. The summed E-state index contributed by atoms with van der Waals surface area (Å²) < 4.78 is 6.09. The number of methoxy groups -OCH3 is 1. The number of hydrogen-bond acceptors (Lipinski definition) is 5. The molecule has 0 unspecified atom stereocenters. The Labute approximate surface area is 155 Å². The van der Waals surface area contributed by atoms with Crippen LogP contribution in [0, 0.1) is 6.92 Å². The van der Waals surface area contributed by atoms with Crippen molar-refractivity contribution in [3.63, 3.8) is 0 Å². The molecule has 0 atom stereocenters. The van der Waals surface area contributed by atoms with E-state index in [4.69, 9.17) is 4.74 Å². The number of benzene rings is 2. The van der Waals surface area contributed by atoms with Crippen molar-refractivity contribution in [2.75, 3.05) is 17.7 Å². The smallest absolute Gasteiger partial charge is 0.228 e. The maximum Gasteiger partial charge on any atom is 0.228 e. The second-order valence-electron chi connectivity index (χ2n) is 5.92. The highest BCUT2D eigenvalue weighted by molar-refractivity contribution is 7.22. The van der Waals surface area contributed by atoms with E-state index in [0.29, 0.717) is 10.8 Å². The van der Waals surface area contributed by atoms with Gasteiger partial charge in [0.15, 0.2) is 5.13 Å². The van der Waals surface area contributed by atoms with Crippen molar-refractivity contribution in [2.24, 2.45) is 0 Å². The lowest BCUT2D eigenvalue weighted by molar-refractivity contribution is -0.116. The van der Waals surface area contributed by atoms with E-state index in [1.165, 1.54) is 18.3 Å². The Morgan fingerprint density at radius 3 is 2.73 bits per heavy atom. The maximum atomic E-state index is 12.4. The minimum atomic E-state index is -0.159. The van der Waals surface area contributed by atoms with Gasteiger partial charge in [-0.3, -0.25) is 9.59 Å². The lowest BCUT2D eigenvalue weighted by Crippen LogP contribution is -2.14. The summed E-state index contributed by atoms with van der Waals surface area (Å²) in [4.78, 5) is 28.0. The van der Waals surface area contributed by atoms with Crippen LogP contribution in [0.2, 0.25) is 0 Å². The third kappa shape index (κ3) is 4.18. The van der Waals surface area contributed by atoms with Gasteiger partial charge in [-0.15, -0.1) is 0 Å². The summed E-state index contributed by atoms with van der Waals surface area (Å²) >= 11 is 1.38. The Bertz CT molecular complexity index is 981. The Morgan fingerprint density at radius 2 is 2.00 bits per heavy atom. The lowest BCUT2D eigenvalue weighted by atomic mass is 10.1. The van der Waals surface area contributed by atoms with Gasteiger partial charge < -0.3 is 15.4 Å². The number of amides is 2. The Hall–Kier alpha value is -2.93. The number of aryl methyl sites for hydroxylation is 1. The normalized spacial score (nSPS) is 10.6. The fraction of sp³-hybridized carbons (Fsp3) is 0.211. The summed E-state index contributed by atoms with van der Waals surface area (Å²) in [7, 11) is 1.60. The number of nitrogens with zero attached hydrogens (tertiary/aromatic N) is 1. The number of carbonyl (C=O) groups is 2. The first-order chi connectivity index (χ1) is 12.4. The maximum absolute atomic E-state index is 12.4. The molecule has 0 fully saturated rings. The number of ether oxygens (including phenoxy) is 1. The average Bonchev–Trinajstić information content (AvgIpc) is 2.97. The second kappa shape index (κ2) is 7.53. The first-order valence-electron chi connectivity index (χ1n) is 8.06. The summed E-state index contributed by atoms with van der Waals surface area (Å²) in [6, 6.07) is 11.2. The van der Waals surface area contributed by atoms with E-state index in [0.717, 1.165) is 27.1 Å². The predicted octanol–water partition coefficient (Wildman–Crippen LogP) is 3.75. The van der Waals surface area contributed by atoms with Crippen molar-refractivity contribution < 1.29 is 14.3 Å². The van der Waals surface area contributed by atoms with Crippen LogP contribution in [0.4, 0.5) is 10.8 Å². The average molecular weight is 369 g/mol. The summed E-state index contributed by atoms with van der Waals surface area (Å²) in [6.45, 7) is 3.38. The molecule has 0 aliphatic rings. The quantitative estimate of drug-likeness (QED) is 0.718. The van der Waals surface area contributed by atoms with E-state index in [-0.39, 0.29) is 18.2 Å². The van der Waals surface area contributed by atoms with Crippen LogP contribution >= 0.6 is 11.3 Å². The van der Waals surface area contributed by atoms with E-state index in [1.807, 2.05) is 43.3 Å². The summed E-state index contributed by atoms with van der Waals surface area (Å²) in [5, 5.41) is 6.17. The van der Waals surface area contributed by atoms with E-state index in [9.17, 15) is 9.59 Å². The van der Waals surface area contributed by atoms with Crippen molar-refractivity contribution in [2.45, 2.75) is 20.3 Å². The molecule has 0 aliphatic heterocycles. The van der Waals surface area contributed by atoms with Gasteiger partial charge in [-0.25, -0.2) is 4.98 Å². The molecule has 0 bridgehead atoms. The van der Waals surface area contributed by atoms with Gasteiger partial charge in [0.1, 0.15) is 5.75 Å². The molecule has 1 aromatic heterocycles. The molecule has 0 spiro atoms. The molecule has 3 rings (SSSR count). The molecule has 2 aromatic carbocycles. The van der Waals surface area contributed by atoms with Crippen LogP contribution in [0.15, 0.2) is 36.4 Å². The summed E-state index contributed by atoms with van der Waals surface area (Å²) in [6.07, 6.45) is 0.258. The topological polar surface area (TPSA) is 80.3 Å². The number of aromatic nitrogens is 1. The van der Waals surface area contributed by atoms with Gasteiger partial charge in [0.05, 0.1) is 23.7 Å². The molecule has 0 saturated carbocycles. The predicted molar refractivity (Wildman–Crippen MR) is 104 cm³/mol. The van der Waals surface area contributed by atoms with Gasteiger partial charge in [-0.2, -0.15) is 0 Å². The monoisotopic (exact) mass is 369 g/mol. The first-order valence-corrected chi connectivity index (χ1v) is 8.88. The Morgan fingerprint density at radius 1 is 1.19 bits per heavy atom. The van der Waals surface area contributed by atoms with E-state index < -0.39 is 0 Å². The van der Waals surface area contributed by atoms with Gasteiger partial charge in [-0.1, -0.05) is 23.5 Å². The van der Waals surface area contributed by atoms with Gasteiger partial charge in [0, 0.05) is 12.6 Å². The Balaban J connectivity index is 1.77. The molecular formula is C19H19N3O3S. The van der Waals surface area contributed by atoms with Crippen molar-refractivity contribution >= 4 is 44.2 Å². The Kier molecular flexibility index (Phi) is 5.18. The fourth-order valence-corrected chi connectivity index (χ4v) is 3.68. The molecule has 3 aromatic rings. The van der Waals surface area contributed by atoms with Crippen molar-refractivity contribution in [3.05, 3.63) is 47.5 Å². The number of hydrogen-bond donors (Lipinski definition) is 2. The highest BCUT2D eigenvalue weighted by Gasteiger charge is 2.11. The SMILES string of the molecule is COc1cccc(CC(=O)Nc2cc(C)c3nc(NC(C)=O)sc3c2)c1. The van der Waals surface area contributed by atoms with Crippen LogP contribution in [-0.4, -0.2) is 23.9 Å². The minimum Gasteiger partial charge on any atom is -0.497 e. The third-order valence-electron chi connectivity index (χ3n) is 3.75. The molecule has 0 radical (unpaired) electrons. The second-order valence-corrected chi connectivity index (χ2v) is 6.95. The molecule has 6 nitrogen and oxygen atoms in total. The molecule has 7 heteroatoms. The zero-order chi connectivity index (χ0) is 18.7. The number of nitrogens with one attached hydrogen (secondary N) is 2. The zero-order valence-electron chi connectivity index (χ0n) is 14.8. The van der Waals surface area contributed by atoms with Crippen molar-refractivity contribution in [1.29, 1.82) is 0 Å². The van der Waals surface area contributed by atoms with Crippen LogP contribution in [-0.2, 0) is 16.0 Å². The number of carbonyl (C=O) groups excluding carboxylic acids is 2. The highest BCUT2D eigenvalue weighted by Crippen LogP contribution is 2.31. The molecule has 0 saturated heterocycles. The number of anilines is 2. The number of rotatable bonds is 5. The van der Waals surface area contributed by atoms with Crippen molar-refractivity contribution in [1.82, 2.24) is 4.98 Å². The van der Waals surface area contributed by atoms with Crippen LogP contribution in [0.3, 0.4) is 0 Å². The van der Waals surface area contributed by atoms with Gasteiger partial charge >= 0.3 is 0 Å². The first kappa shape index (κ1) is 17.9. The summed E-state index contributed by atoms with van der Waals surface area (Å²) in [5.74, 6) is 0.458. The standard InChI is InChI=1S/C19H19N3O3S/c1-11-7-14(10-16-18(11)22-19(26-16)20-12(2)23)21-17(24)9-13-5-4-6-15(8-13)25-3/h4-8,10H,9H2,1-3H3,(H,21,24)(H,20,22,23). The van der Waals surface area contributed by atoms with Crippen LogP contribution in [0.25, 0.3) is 10.2 Å². The number of fused-ring (bicyclic) bond motifs is 1. The molecule has 2 N–H and O–H groups in total. The minimum absolute atomic E-state index is 0.108. The molecule has 134 valence electrons.